The molecule has 0 radical (unpaired) electrons. The highest BCUT2D eigenvalue weighted by Crippen LogP contribution is 2.22. The first kappa shape index (κ1) is 15.2. The molecular formula is C14H13N3O5. The van der Waals surface area contributed by atoms with E-state index in [1.165, 1.54) is 44.5 Å². The molecule has 2 N–H and O–H groups in total. The van der Waals surface area contributed by atoms with E-state index in [1.807, 2.05) is 0 Å². The van der Waals surface area contributed by atoms with E-state index in [9.17, 15) is 19.5 Å². The lowest BCUT2D eigenvalue weighted by atomic mass is 10.1. The minimum absolute atomic E-state index is 0.00532. The number of carboxylic acid groups (broad SMARTS) is 1. The average molecular weight is 303 g/mol. The minimum atomic E-state index is -1.21. The zero-order valence-corrected chi connectivity index (χ0v) is 11.9. The summed E-state index contributed by atoms with van der Waals surface area (Å²) in [6.07, 6.45) is 0. The number of aromatic nitrogens is 2. The number of nitrogens with one attached hydrogen (secondary N) is 1. The number of carboxylic acids is 1. The zero-order valence-electron chi connectivity index (χ0n) is 11.9. The molecule has 0 unspecified atom stereocenters. The Morgan fingerprint density at radius 1 is 1.27 bits per heavy atom. The fourth-order valence-electron chi connectivity index (χ4n) is 1.75. The fourth-order valence-corrected chi connectivity index (χ4v) is 1.75. The Balaban J connectivity index is 2.33. The Labute approximate surface area is 125 Å². The molecule has 2 aromatic rings. The molecule has 0 spiro atoms. The number of nitrogens with zero attached hydrogens (tertiary/aromatic N) is 2. The van der Waals surface area contributed by atoms with E-state index in [1.54, 1.807) is 0 Å². The van der Waals surface area contributed by atoms with Gasteiger partial charge in [-0.2, -0.15) is 5.10 Å². The number of hydrogen-bond acceptors (Lipinski definition) is 5. The number of carbonyl (C=O) groups excluding carboxylic acids is 1. The van der Waals surface area contributed by atoms with Gasteiger partial charge in [-0.15, -0.1) is 0 Å². The summed E-state index contributed by atoms with van der Waals surface area (Å²) in [5, 5.41) is 15.4. The van der Waals surface area contributed by atoms with Gasteiger partial charge in [0.25, 0.3) is 11.5 Å². The fraction of sp³-hybridized carbons (Fsp3) is 0.143. The number of carbonyl (C=O) groups is 2. The lowest BCUT2D eigenvalue weighted by Crippen LogP contribution is -2.24. The SMILES string of the molecule is COc1ccc(NC(=O)c2ccc(=O)n(C)n2)c(C(=O)O)c1. The number of rotatable bonds is 4. The molecule has 22 heavy (non-hydrogen) atoms. The number of anilines is 1. The highest BCUT2D eigenvalue weighted by molar-refractivity contribution is 6.06. The van der Waals surface area contributed by atoms with Gasteiger partial charge in [-0.1, -0.05) is 0 Å². The molecule has 0 bridgehead atoms. The van der Waals surface area contributed by atoms with Crippen molar-refractivity contribution in [3.8, 4) is 5.75 Å². The van der Waals surface area contributed by atoms with Crippen LogP contribution in [0.3, 0.4) is 0 Å². The summed E-state index contributed by atoms with van der Waals surface area (Å²) in [6.45, 7) is 0. The van der Waals surface area contributed by atoms with Gasteiger partial charge in [-0.3, -0.25) is 9.59 Å². The van der Waals surface area contributed by atoms with Gasteiger partial charge >= 0.3 is 5.97 Å². The van der Waals surface area contributed by atoms with Crippen LogP contribution in [0.15, 0.2) is 35.1 Å². The molecule has 0 fully saturated rings. The summed E-state index contributed by atoms with van der Waals surface area (Å²) in [5.74, 6) is -1.47. The summed E-state index contributed by atoms with van der Waals surface area (Å²) in [4.78, 5) is 34.6. The van der Waals surface area contributed by atoms with Crippen LogP contribution in [0.2, 0.25) is 0 Å². The van der Waals surface area contributed by atoms with E-state index < -0.39 is 11.9 Å². The van der Waals surface area contributed by atoms with Crippen molar-refractivity contribution in [3.05, 3.63) is 51.9 Å². The Morgan fingerprint density at radius 2 is 2.00 bits per heavy atom. The van der Waals surface area contributed by atoms with Gasteiger partial charge in [0, 0.05) is 13.1 Å². The third kappa shape index (κ3) is 3.11. The molecule has 0 aliphatic rings. The monoisotopic (exact) mass is 303 g/mol. The molecule has 0 saturated carbocycles. The lowest BCUT2D eigenvalue weighted by Gasteiger charge is -2.10. The van der Waals surface area contributed by atoms with Crippen molar-refractivity contribution in [1.29, 1.82) is 0 Å². The average Bonchev–Trinajstić information content (AvgIpc) is 2.50. The van der Waals surface area contributed by atoms with Gasteiger partial charge in [0.15, 0.2) is 0 Å². The number of amides is 1. The van der Waals surface area contributed by atoms with Gasteiger partial charge in [0.1, 0.15) is 11.4 Å². The summed E-state index contributed by atoms with van der Waals surface area (Å²) in [7, 11) is 2.82. The number of hydrogen-bond donors (Lipinski definition) is 2. The minimum Gasteiger partial charge on any atom is -0.497 e. The van der Waals surface area contributed by atoms with Crippen LogP contribution in [0.1, 0.15) is 20.8 Å². The van der Waals surface area contributed by atoms with Crippen LogP contribution >= 0.6 is 0 Å². The van der Waals surface area contributed by atoms with Crippen molar-refractivity contribution in [3.63, 3.8) is 0 Å². The maximum Gasteiger partial charge on any atom is 0.337 e. The predicted octanol–water partition coefficient (Wildman–Crippen LogP) is 0.739. The first-order valence-electron chi connectivity index (χ1n) is 6.19. The topological polar surface area (TPSA) is 111 Å². The third-order valence-electron chi connectivity index (χ3n) is 2.90. The summed E-state index contributed by atoms with van der Waals surface area (Å²) >= 11 is 0. The molecule has 1 aromatic carbocycles. The Kier molecular flexibility index (Phi) is 4.21. The first-order valence-corrected chi connectivity index (χ1v) is 6.19. The maximum absolute atomic E-state index is 12.1. The van der Waals surface area contributed by atoms with E-state index in [0.717, 1.165) is 4.68 Å². The number of methoxy groups -OCH3 is 1. The Morgan fingerprint density at radius 3 is 2.59 bits per heavy atom. The van der Waals surface area contributed by atoms with Crippen molar-refractivity contribution in [2.45, 2.75) is 0 Å². The van der Waals surface area contributed by atoms with Crippen LogP contribution in [0.5, 0.6) is 5.75 Å². The van der Waals surface area contributed by atoms with Crippen LogP contribution in [-0.4, -0.2) is 33.9 Å². The van der Waals surface area contributed by atoms with Gasteiger partial charge < -0.3 is 15.2 Å². The molecule has 0 saturated heterocycles. The second kappa shape index (κ2) is 6.08. The van der Waals surface area contributed by atoms with Gasteiger partial charge in [-0.05, 0) is 24.3 Å². The molecule has 0 atom stereocenters. The molecule has 1 heterocycles. The quantitative estimate of drug-likeness (QED) is 0.862. The van der Waals surface area contributed by atoms with E-state index in [-0.39, 0.29) is 22.5 Å². The molecule has 1 aromatic heterocycles. The molecule has 114 valence electrons. The highest BCUT2D eigenvalue weighted by Gasteiger charge is 2.16. The maximum atomic E-state index is 12.1. The van der Waals surface area contributed by atoms with Gasteiger partial charge in [0.05, 0.1) is 18.4 Å². The van der Waals surface area contributed by atoms with Crippen molar-refractivity contribution in [2.75, 3.05) is 12.4 Å². The van der Waals surface area contributed by atoms with Crippen molar-refractivity contribution in [2.24, 2.45) is 7.05 Å². The van der Waals surface area contributed by atoms with E-state index in [4.69, 9.17) is 4.74 Å². The first-order chi connectivity index (χ1) is 10.4. The van der Waals surface area contributed by atoms with Gasteiger partial charge in [-0.25, -0.2) is 9.48 Å². The molecule has 2 rings (SSSR count). The standard InChI is InChI=1S/C14H13N3O5/c1-17-12(18)6-5-11(16-17)13(19)15-10-4-3-8(22-2)7-9(10)14(20)21/h3-7H,1-2H3,(H,15,19)(H,20,21). The molecular weight excluding hydrogens is 290 g/mol. The molecule has 8 heteroatoms. The van der Waals surface area contributed by atoms with Crippen LogP contribution in [0, 0.1) is 0 Å². The van der Waals surface area contributed by atoms with Crippen molar-refractivity contribution >= 4 is 17.6 Å². The second-order valence-corrected chi connectivity index (χ2v) is 4.35. The number of aryl methyl sites for hydroxylation is 1. The Bertz CT molecular complexity index is 797. The summed E-state index contributed by atoms with van der Waals surface area (Å²) in [5.41, 5.74) is -0.368. The second-order valence-electron chi connectivity index (χ2n) is 4.35. The molecule has 0 aliphatic carbocycles. The third-order valence-corrected chi connectivity index (χ3v) is 2.90. The summed E-state index contributed by atoms with van der Waals surface area (Å²) in [6, 6.07) is 6.71. The predicted molar refractivity (Wildman–Crippen MR) is 77.4 cm³/mol. The summed E-state index contributed by atoms with van der Waals surface area (Å²) < 4.78 is 5.97. The number of benzene rings is 1. The smallest absolute Gasteiger partial charge is 0.337 e. The highest BCUT2D eigenvalue weighted by atomic mass is 16.5. The van der Waals surface area contributed by atoms with Crippen LogP contribution in [0.4, 0.5) is 5.69 Å². The van der Waals surface area contributed by atoms with E-state index in [0.29, 0.717) is 5.75 Å². The normalized spacial score (nSPS) is 10.1. The van der Waals surface area contributed by atoms with Crippen molar-refractivity contribution < 1.29 is 19.4 Å². The zero-order chi connectivity index (χ0) is 16.3. The Hall–Kier alpha value is -3.16. The lowest BCUT2D eigenvalue weighted by molar-refractivity contribution is 0.0697. The number of aromatic carboxylic acids is 1. The molecule has 8 nitrogen and oxygen atoms in total. The van der Waals surface area contributed by atoms with Gasteiger partial charge in [0.2, 0.25) is 0 Å². The van der Waals surface area contributed by atoms with Crippen molar-refractivity contribution in [1.82, 2.24) is 9.78 Å². The molecule has 0 aliphatic heterocycles. The van der Waals surface area contributed by atoms with Crippen LogP contribution in [-0.2, 0) is 7.05 Å². The number of ether oxygens (including phenoxy) is 1. The largest absolute Gasteiger partial charge is 0.497 e. The van der Waals surface area contributed by atoms with Crippen LogP contribution < -0.4 is 15.6 Å². The molecule has 1 amide bonds. The van der Waals surface area contributed by atoms with E-state index in [2.05, 4.69) is 10.4 Å². The van der Waals surface area contributed by atoms with E-state index >= 15 is 0 Å². The van der Waals surface area contributed by atoms with Crippen LogP contribution in [0.25, 0.3) is 0 Å².